The molecule has 1 aromatic heterocycles. The Bertz CT molecular complexity index is 989. The minimum Gasteiger partial charge on any atom is -0.378 e. The molecule has 1 N–H and O–H groups in total. The number of rotatable bonds is 3. The predicted molar refractivity (Wildman–Crippen MR) is 104 cm³/mol. The molecule has 0 radical (unpaired) electrons. The molecule has 1 aliphatic rings. The van der Waals surface area contributed by atoms with Crippen LogP contribution in [0, 0.1) is 18.3 Å². The van der Waals surface area contributed by atoms with Crippen LogP contribution in [0.1, 0.15) is 17.0 Å². The number of anilines is 1. The summed E-state index contributed by atoms with van der Waals surface area (Å²) in [5, 5.41) is 9.58. The first kappa shape index (κ1) is 16.4. The highest BCUT2D eigenvalue weighted by Gasteiger charge is 2.11. The van der Waals surface area contributed by atoms with E-state index in [0.717, 1.165) is 48.5 Å². The Labute approximate surface area is 152 Å². The second kappa shape index (κ2) is 7.03. The van der Waals surface area contributed by atoms with Gasteiger partial charge in [-0.3, -0.25) is 0 Å². The number of allylic oxidation sites excluding steroid dienone is 1. The normalized spacial score (nSPS) is 15.2. The minimum atomic E-state index is 0.526. The molecule has 0 atom stereocenters. The molecule has 0 aliphatic carbocycles. The highest BCUT2D eigenvalue weighted by Crippen LogP contribution is 2.22. The molecule has 130 valence electrons. The van der Waals surface area contributed by atoms with Crippen LogP contribution in [-0.4, -0.2) is 36.3 Å². The largest absolute Gasteiger partial charge is 0.378 e. The lowest BCUT2D eigenvalue weighted by molar-refractivity contribution is 0.122. The number of benzene rings is 2. The molecular weight excluding hydrogens is 324 g/mol. The molecular formula is C21H20N4O. The SMILES string of the molecule is Cc1ccc2nc(C(C#N)=Cc3ccc(N4CCOCC4)cc3)[nH]c2c1. The van der Waals surface area contributed by atoms with Gasteiger partial charge in [-0.1, -0.05) is 18.2 Å². The van der Waals surface area contributed by atoms with Gasteiger partial charge in [-0.15, -0.1) is 0 Å². The van der Waals surface area contributed by atoms with Crippen molar-refractivity contribution < 1.29 is 4.74 Å². The van der Waals surface area contributed by atoms with Crippen molar-refractivity contribution in [3.63, 3.8) is 0 Å². The van der Waals surface area contributed by atoms with Crippen molar-refractivity contribution in [3.8, 4) is 6.07 Å². The van der Waals surface area contributed by atoms with Crippen LogP contribution in [0.15, 0.2) is 42.5 Å². The van der Waals surface area contributed by atoms with Gasteiger partial charge in [0.15, 0.2) is 0 Å². The van der Waals surface area contributed by atoms with E-state index in [-0.39, 0.29) is 0 Å². The van der Waals surface area contributed by atoms with E-state index < -0.39 is 0 Å². The van der Waals surface area contributed by atoms with Crippen LogP contribution in [0.4, 0.5) is 5.69 Å². The maximum atomic E-state index is 9.58. The van der Waals surface area contributed by atoms with Gasteiger partial charge in [0.2, 0.25) is 0 Å². The number of morpholine rings is 1. The van der Waals surface area contributed by atoms with Crippen molar-refractivity contribution in [1.82, 2.24) is 9.97 Å². The summed E-state index contributed by atoms with van der Waals surface area (Å²) >= 11 is 0. The van der Waals surface area contributed by atoms with Crippen LogP contribution in [0.5, 0.6) is 0 Å². The number of imidazole rings is 1. The number of nitriles is 1. The summed E-state index contributed by atoms with van der Waals surface area (Å²) in [5.41, 5.74) is 5.67. The van der Waals surface area contributed by atoms with Gasteiger partial charge in [-0.25, -0.2) is 4.98 Å². The smallest absolute Gasteiger partial charge is 0.149 e. The van der Waals surface area contributed by atoms with Gasteiger partial charge >= 0.3 is 0 Å². The van der Waals surface area contributed by atoms with Crippen molar-refractivity contribution in [2.75, 3.05) is 31.2 Å². The molecule has 0 unspecified atom stereocenters. The van der Waals surface area contributed by atoms with E-state index in [2.05, 4.69) is 33.1 Å². The second-order valence-corrected chi connectivity index (χ2v) is 6.47. The van der Waals surface area contributed by atoms with E-state index in [4.69, 9.17) is 4.74 Å². The monoisotopic (exact) mass is 344 g/mol. The number of ether oxygens (including phenoxy) is 1. The number of hydrogen-bond acceptors (Lipinski definition) is 4. The number of aromatic amines is 1. The maximum Gasteiger partial charge on any atom is 0.149 e. The Morgan fingerprint density at radius 3 is 2.69 bits per heavy atom. The standard InChI is InChI=1S/C21H20N4O/c1-15-2-7-19-20(12-15)24-21(23-19)17(14-22)13-16-3-5-18(6-4-16)25-8-10-26-11-9-25/h2-7,12-13H,8-11H2,1H3,(H,23,24). The first-order chi connectivity index (χ1) is 12.7. The number of aromatic nitrogens is 2. The molecule has 1 saturated heterocycles. The minimum absolute atomic E-state index is 0.526. The zero-order valence-electron chi connectivity index (χ0n) is 14.7. The van der Waals surface area contributed by atoms with Crippen LogP contribution in [-0.2, 0) is 4.74 Å². The van der Waals surface area contributed by atoms with Crippen molar-refractivity contribution in [1.29, 1.82) is 5.26 Å². The summed E-state index contributed by atoms with van der Waals surface area (Å²) in [6.45, 7) is 5.41. The van der Waals surface area contributed by atoms with Crippen LogP contribution >= 0.6 is 0 Å². The van der Waals surface area contributed by atoms with Gasteiger partial charge in [-0.05, 0) is 48.4 Å². The molecule has 5 nitrogen and oxygen atoms in total. The lowest BCUT2D eigenvalue weighted by atomic mass is 10.1. The Hall–Kier alpha value is -3.10. The van der Waals surface area contributed by atoms with Crippen molar-refractivity contribution >= 4 is 28.4 Å². The molecule has 0 bridgehead atoms. The van der Waals surface area contributed by atoms with E-state index in [0.29, 0.717) is 11.4 Å². The van der Waals surface area contributed by atoms with E-state index in [1.165, 1.54) is 5.69 Å². The van der Waals surface area contributed by atoms with Gasteiger partial charge in [0.1, 0.15) is 11.9 Å². The number of aryl methyl sites for hydroxylation is 1. The van der Waals surface area contributed by atoms with Gasteiger partial charge in [-0.2, -0.15) is 5.26 Å². The van der Waals surface area contributed by atoms with E-state index in [1.807, 2.05) is 43.3 Å². The molecule has 1 aliphatic heterocycles. The van der Waals surface area contributed by atoms with Gasteiger partial charge in [0.05, 0.1) is 29.8 Å². The fourth-order valence-electron chi connectivity index (χ4n) is 3.17. The van der Waals surface area contributed by atoms with Crippen molar-refractivity contribution in [2.24, 2.45) is 0 Å². The van der Waals surface area contributed by atoms with Gasteiger partial charge < -0.3 is 14.6 Å². The lowest BCUT2D eigenvalue weighted by Gasteiger charge is -2.28. The summed E-state index contributed by atoms with van der Waals surface area (Å²) in [4.78, 5) is 10.1. The molecule has 5 heteroatoms. The number of nitrogens with zero attached hydrogens (tertiary/aromatic N) is 3. The molecule has 0 saturated carbocycles. The molecule has 0 amide bonds. The fourth-order valence-corrected chi connectivity index (χ4v) is 3.17. The van der Waals surface area contributed by atoms with Crippen LogP contribution in [0.25, 0.3) is 22.7 Å². The van der Waals surface area contributed by atoms with E-state index in [9.17, 15) is 5.26 Å². The second-order valence-electron chi connectivity index (χ2n) is 6.47. The quantitative estimate of drug-likeness (QED) is 0.735. The Morgan fingerprint density at radius 1 is 1.19 bits per heavy atom. The third kappa shape index (κ3) is 3.32. The summed E-state index contributed by atoms with van der Waals surface area (Å²) < 4.78 is 5.40. The van der Waals surface area contributed by atoms with Crippen LogP contribution in [0.3, 0.4) is 0 Å². The Morgan fingerprint density at radius 2 is 1.96 bits per heavy atom. The summed E-state index contributed by atoms with van der Waals surface area (Å²) in [7, 11) is 0. The highest BCUT2D eigenvalue weighted by molar-refractivity contribution is 5.90. The van der Waals surface area contributed by atoms with Crippen molar-refractivity contribution in [3.05, 3.63) is 59.4 Å². The first-order valence-corrected chi connectivity index (χ1v) is 8.74. The molecule has 2 heterocycles. The van der Waals surface area contributed by atoms with Crippen LogP contribution < -0.4 is 4.90 Å². The third-order valence-corrected chi connectivity index (χ3v) is 4.59. The fraction of sp³-hybridized carbons (Fsp3) is 0.238. The molecule has 0 spiro atoms. The zero-order valence-corrected chi connectivity index (χ0v) is 14.7. The molecule has 1 fully saturated rings. The zero-order chi connectivity index (χ0) is 17.9. The summed E-state index contributed by atoms with van der Waals surface area (Å²) in [6, 6.07) is 16.5. The summed E-state index contributed by atoms with van der Waals surface area (Å²) in [6.07, 6.45) is 1.87. The maximum absolute atomic E-state index is 9.58. The average molecular weight is 344 g/mol. The molecule has 4 rings (SSSR count). The Balaban J connectivity index is 1.61. The molecule has 3 aromatic rings. The van der Waals surface area contributed by atoms with E-state index >= 15 is 0 Å². The van der Waals surface area contributed by atoms with E-state index in [1.54, 1.807) is 0 Å². The van der Waals surface area contributed by atoms with Gasteiger partial charge in [0, 0.05) is 18.8 Å². The molecule has 26 heavy (non-hydrogen) atoms. The predicted octanol–water partition coefficient (Wildman–Crippen LogP) is 3.77. The summed E-state index contributed by atoms with van der Waals surface area (Å²) in [5.74, 6) is 0.602. The number of fused-ring (bicyclic) bond motifs is 1. The molecule has 2 aromatic carbocycles. The first-order valence-electron chi connectivity index (χ1n) is 8.74. The number of hydrogen-bond donors (Lipinski definition) is 1. The highest BCUT2D eigenvalue weighted by atomic mass is 16.5. The van der Waals surface area contributed by atoms with Gasteiger partial charge in [0.25, 0.3) is 0 Å². The number of nitrogens with one attached hydrogen (secondary N) is 1. The topological polar surface area (TPSA) is 64.9 Å². The number of H-pyrrole nitrogens is 1. The Kier molecular flexibility index (Phi) is 4.42. The van der Waals surface area contributed by atoms with Crippen LogP contribution in [0.2, 0.25) is 0 Å². The third-order valence-electron chi connectivity index (χ3n) is 4.59. The average Bonchev–Trinajstić information content (AvgIpc) is 3.10. The van der Waals surface area contributed by atoms with Crippen molar-refractivity contribution in [2.45, 2.75) is 6.92 Å². The lowest BCUT2D eigenvalue weighted by Crippen LogP contribution is -2.36.